The lowest BCUT2D eigenvalue weighted by molar-refractivity contribution is 0.0997. The van der Waals surface area contributed by atoms with Gasteiger partial charge in [0.15, 0.2) is 5.76 Å². The van der Waals surface area contributed by atoms with Crippen molar-refractivity contribution in [1.29, 1.82) is 0 Å². The van der Waals surface area contributed by atoms with Crippen LogP contribution in [0.25, 0.3) is 28.0 Å². The third-order valence-corrected chi connectivity index (χ3v) is 5.49. The normalized spacial score (nSPS) is 11.1. The molecule has 5 aromatic rings. The average Bonchev–Trinajstić information content (AvgIpc) is 3.41. The topological polar surface area (TPSA) is 73.0 Å². The van der Waals surface area contributed by atoms with Gasteiger partial charge in [-0.25, -0.2) is 0 Å². The molecule has 0 radical (unpaired) electrons. The van der Waals surface area contributed by atoms with E-state index in [1.54, 1.807) is 60.7 Å². The summed E-state index contributed by atoms with van der Waals surface area (Å²) in [5, 5.41) is 13.3. The van der Waals surface area contributed by atoms with Crippen LogP contribution in [0.4, 0.5) is 5.69 Å². The Kier molecular flexibility index (Phi) is 5.35. The summed E-state index contributed by atoms with van der Waals surface area (Å²) in [6, 6.07) is 20.8. The van der Waals surface area contributed by atoms with E-state index in [2.05, 4.69) is 15.5 Å². The van der Waals surface area contributed by atoms with Crippen molar-refractivity contribution in [1.82, 2.24) is 15.0 Å². The molecular formula is C23H13Cl3N4O2. The summed E-state index contributed by atoms with van der Waals surface area (Å²) >= 11 is 18.2. The van der Waals surface area contributed by atoms with Gasteiger partial charge in [-0.15, -0.1) is 10.2 Å². The molecule has 0 aliphatic rings. The lowest BCUT2D eigenvalue weighted by Crippen LogP contribution is -2.10. The third-order valence-electron chi connectivity index (χ3n) is 4.70. The number of fused-ring (bicyclic) bond motifs is 1. The number of nitrogens with one attached hydrogen (secondary N) is 1. The number of rotatable bonds is 4. The number of hydrogen-bond donors (Lipinski definition) is 1. The Morgan fingerprint density at radius 2 is 1.66 bits per heavy atom. The Balaban J connectivity index is 1.37. The number of hydrogen-bond acceptors (Lipinski definition) is 4. The summed E-state index contributed by atoms with van der Waals surface area (Å²) in [5.41, 5.74) is 3.25. The highest BCUT2D eigenvalue weighted by molar-refractivity contribution is 6.36. The van der Waals surface area contributed by atoms with E-state index in [0.717, 1.165) is 5.69 Å². The van der Waals surface area contributed by atoms with Crippen LogP contribution in [0.3, 0.4) is 0 Å². The molecule has 0 atom stereocenters. The minimum absolute atomic E-state index is 0.147. The molecule has 0 saturated carbocycles. The largest absolute Gasteiger partial charge is 0.451 e. The zero-order chi connectivity index (χ0) is 22.2. The van der Waals surface area contributed by atoms with Gasteiger partial charge in [0.2, 0.25) is 0 Å². The summed E-state index contributed by atoms with van der Waals surface area (Å²) in [6.07, 6.45) is 0. The summed E-state index contributed by atoms with van der Waals surface area (Å²) in [5.74, 6) is 0.216. The molecule has 0 fully saturated rings. The van der Waals surface area contributed by atoms with Gasteiger partial charge < -0.3 is 9.73 Å². The van der Waals surface area contributed by atoms with Crippen LogP contribution < -0.4 is 5.32 Å². The molecule has 0 saturated heterocycles. The number of nitrogens with zero attached hydrogens (tertiary/aromatic N) is 3. The molecule has 9 heteroatoms. The van der Waals surface area contributed by atoms with Gasteiger partial charge in [0.1, 0.15) is 16.8 Å². The number of carbonyl (C=O) groups is 1. The molecule has 0 spiro atoms. The predicted octanol–water partition coefficient (Wildman–Crippen LogP) is 6.89. The highest BCUT2D eigenvalue weighted by atomic mass is 35.5. The van der Waals surface area contributed by atoms with Gasteiger partial charge in [0.05, 0.1) is 10.7 Å². The minimum atomic E-state index is -0.400. The second-order valence-electron chi connectivity index (χ2n) is 6.91. The number of halogens is 3. The number of aromatic nitrogens is 3. The van der Waals surface area contributed by atoms with E-state index in [9.17, 15) is 4.79 Å². The molecule has 3 aromatic carbocycles. The fourth-order valence-corrected chi connectivity index (χ4v) is 3.88. The van der Waals surface area contributed by atoms with Crippen LogP contribution in [0, 0.1) is 0 Å². The first-order valence-electron chi connectivity index (χ1n) is 9.46. The van der Waals surface area contributed by atoms with Crippen molar-refractivity contribution < 1.29 is 9.21 Å². The van der Waals surface area contributed by atoms with E-state index in [0.29, 0.717) is 43.1 Å². The third kappa shape index (κ3) is 4.08. The van der Waals surface area contributed by atoms with Crippen LogP contribution in [0.5, 0.6) is 0 Å². The van der Waals surface area contributed by atoms with Crippen LogP contribution in [0.1, 0.15) is 10.6 Å². The average molecular weight is 484 g/mol. The molecule has 1 amide bonds. The molecule has 158 valence electrons. The zero-order valence-corrected chi connectivity index (χ0v) is 18.5. The predicted molar refractivity (Wildman–Crippen MR) is 126 cm³/mol. The van der Waals surface area contributed by atoms with Crippen LogP contribution in [0.2, 0.25) is 15.1 Å². The van der Waals surface area contributed by atoms with Crippen molar-refractivity contribution in [2.24, 2.45) is 0 Å². The molecule has 0 unspecified atom stereocenters. The maximum Gasteiger partial charge on any atom is 0.291 e. The Morgan fingerprint density at radius 3 is 2.47 bits per heavy atom. The Morgan fingerprint density at radius 1 is 0.844 bits per heavy atom. The molecule has 0 aliphatic heterocycles. The lowest BCUT2D eigenvalue weighted by atomic mass is 10.2. The summed E-state index contributed by atoms with van der Waals surface area (Å²) in [7, 11) is 0. The van der Waals surface area contributed by atoms with E-state index in [-0.39, 0.29) is 5.76 Å². The molecule has 1 N–H and O–H groups in total. The highest BCUT2D eigenvalue weighted by Crippen LogP contribution is 2.31. The van der Waals surface area contributed by atoms with Gasteiger partial charge in [-0.05, 0) is 66.7 Å². The Labute approximate surface area is 197 Å². The van der Waals surface area contributed by atoms with Crippen molar-refractivity contribution in [3.05, 3.63) is 93.6 Å². The van der Waals surface area contributed by atoms with Gasteiger partial charge >= 0.3 is 0 Å². The molecule has 2 aromatic heterocycles. The summed E-state index contributed by atoms with van der Waals surface area (Å²) < 4.78 is 5.70. The molecule has 5 rings (SSSR count). The highest BCUT2D eigenvalue weighted by Gasteiger charge is 2.15. The molecule has 2 heterocycles. The van der Waals surface area contributed by atoms with Crippen LogP contribution in [0.15, 0.2) is 77.2 Å². The number of anilines is 1. The number of furan rings is 1. The Hall–Kier alpha value is -3.32. The minimum Gasteiger partial charge on any atom is -0.451 e. The second-order valence-corrected chi connectivity index (χ2v) is 8.20. The first-order valence-corrected chi connectivity index (χ1v) is 10.6. The quantitative estimate of drug-likeness (QED) is 0.302. The molecule has 0 bridgehead atoms. The van der Waals surface area contributed by atoms with Gasteiger partial charge in [-0.2, -0.15) is 4.80 Å². The monoisotopic (exact) mass is 482 g/mol. The van der Waals surface area contributed by atoms with Crippen molar-refractivity contribution >= 4 is 57.4 Å². The van der Waals surface area contributed by atoms with Gasteiger partial charge in [0.25, 0.3) is 5.91 Å². The van der Waals surface area contributed by atoms with Crippen LogP contribution >= 0.6 is 34.8 Å². The second kappa shape index (κ2) is 8.31. The fourth-order valence-electron chi connectivity index (χ4n) is 3.19. The van der Waals surface area contributed by atoms with E-state index in [4.69, 9.17) is 39.2 Å². The lowest BCUT2D eigenvalue weighted by Gasteiger charge is -2.03. The number of benzene rings is 3. The van der Waals surface area contributed by atoms with Crippen LogP contribution in [-0.2, 0) is 0 Å². The van der Waals surface area contributed by atoms with Crippen molar-refractivity contribution in [3.63, 3.8) is 0 Å². The van der Waals surface area contributed by atoms with Crippen molar-refractivity contribution in [2.45, 2.75) is 0 Å². The van der Waals surface area contributed by atoms with Crippen molar-refractivity contribution in [2.75, 3.05) is 5.32 Å². The molecule has 6 nitrogen and oxygen atoms in total. The standard InChI is InChI=1S/C23H13Cl3N4O2/c24-13-2-1-3-16(10-13)30-28-19-7-5-15(12-20(19)29-30)27-23(31)22-9-8-21(32-22)17-6-4-14(25)11-18(17)26/h1-12H,(H,27,31). The molecular weight excluding hydrogens is 471 g/mol. The molecule has 32 heavy (non-hydrogen) atoms. The maximum atomic E-state index is 12.7. The van der Waals surface area contributed by atoms with Crippen molar-refractivity contribution in [3.8, 4) is 17.0 Å². The first kappa shape index (κ1) is 20.6. The smallest absolute Gasteiger partial charge is 0.291 e. The van der Waals surface area contributed by atoms with E-state index in [1.807, 2.05) is 12.1 Å². The zero-order valence-electron chi connectivity index (χ0n) is 16.2. The van der Waals surface area contributed by atoms with Gasteiger partial charge in [-0.1, -0.05) is 40.9 Å². The molecule has 0 aliphatic carbocycles. The maximum absolute atomic E-state index is 12.7. The SMILES string of the molecule is O=C(Nc1ccc2nn(-c3cccc(Cl)c3)nc2c1)c1ccc(-c2ccc(Cl)cc2Cl)o1. The Bertz CT molecular complexity index is 1480. The van der Waals surface area contributed by atoms with E-state index >= 15 is 0 Å². The van der Waals surface area contributed by atoms with E-state index < -0.39 is 5.91 Å². The van der Waals surface area contributed by atoms with E-state index in [1.165, 1.54) is 4.80 Å². The number of amides is 1. The van der Waals surface area contributed by atoms with Gasteiger partial charge in [0, 0.05) is 21.3 Å². The summed E-state index contributed by atoms with van der Waals surface area (Å²) in [6.45, 7) is 0. The summed E-state index contributed by atoms with van der Waals surface area (Å²) in [4.78, 5) is 14.2. The number of carbonyl (C=O) groups excluding carboxylic acids is 1. The fraction of sp³-hybridized carbons (Fsp3) is 0. The first-order chi connectivity index (χ1) is 15.5. The van der Waals surface area contributed by atoms with Gasteiger partial charge in [-0.3, -0.25) is 4.79 Å². The van der Waals surface area contributed by atoms with Crippen LogP contribution in [-0.4, -0.2) is 20.9 Å².